The number of hydrogen-bond donors (Lipinski definition) is 1. The number of carbonyl (C=O) groups excluding carboxylic acids is 1. The third-order valence-corrected chi connectivity index (χ3v) is 4.96. The van der Waals surface area contributed by atoms with E-state index in [1.165, 1.54) is 6.42 Å². The van der Waals surface area contributed by atoms with Crippen LogP contribution in [0.1, 0.15) is 29.8 Å². The van der Waals surface area contributed by atoms with Crippen LogP contribution in [0.25, 0.3) is 4.83 Å². The first-order chi connectivity index (χ1) is 9.79. The van der Waals surface area contributed by atoms with Gasteiger partial charge >= 0.3 is 0 Å². The van der Waals surface area contributed by atoms with Gasteiger partial charge in [-0.1, -0.05) is 0 Å². The first-order valence-electron chi connectivity index (χ1n) is 7.13. The molecule has 1 fully saturated rings. The zero-order valence-corrected chi connectivity index (χ0v) is 15.0. The molecule has 0 bridgehead atoms. The average Bonchev–Trinajstić information content (AvgIpc) is 3.08. The summed E-state index contributed by atoms with van der Waals surface area (Å²) in [6.07, 6.45) is 6.96. The molecule has 2 aromatic heterocycles. The standard InChI is InChI=1S/C14H20N4OS.2ClH/c1-15-5-2-11-3-6-17(7-4-11)14(19)12-9-20-13-8-16-10-18(12)13;;/h8-11,15H,2-7H2,1H3;2*1H. The number of carbonyl (C=O) groups is 1. The van der Waals surface area contributed by atoms with Gasteiger partial charge in [0.25, 0.3) is 5.91 Å². The Bertz CT molecular complexity index is 592. The Morgan fingerprint density at radius 1 is 1.41 bits per heavy atom. The van der Waals surface area contributed by atoms with Crippen molar-refractivity contribution in [3.05, 3.63) is 23.6 Å². The largest absolute Gasteiger partial charge is 0.337 e. The van der Waals surface area contributed by atoms with Crippen molar-refractivity contribution in [2.75, 3.05) is 26.7 Å². The van der Waals surface area contributed by atoms with Gasteiger partial charge in [0.05, 0.1) is 6.20 Å². The van der Waals surface area contributed by atoms with Crippen molar-refractivity contribution in [3.8, 4) is 0 Å². The Balaban J connectivity index is 0.00000121. The normalized spacial score (nSPS) is 15.4. The second kappa shape index (κ2) is 8.72. The quantitative estimate of drug-likeness (QED) is 0.907. The number of amides is 1. The minimum atomic E-state index is 0. The van der Waals surface area contributed by atoms with Crippen molar-refractivity contribution in [1.29, 1.82) is 0 Å². The Morgan fingerprint density at radius 3 is 2.82 bits per heavy atom. The number of imidazole rings is 1. The number of piperidine rings is 1. The molecule has 1 aliphatic rings. The summed E-state index contributed by atoms with van der Waals surface area (Å²) in [5.41, 5.74) is 0.746. The number of aromatic nitrogens is 2. The molecule has 5 nitrogen and oxygen atoms in total. The van der Waals surface area contributed by atoms with Crippen LogP contribution in [-0.4, -0.2) is 46.9 Å². The van der Waals surface area contributed by atoms with E-state index in [2.05, 4.69) is 10.3 Å². The lowest BCUT2D eigenvalue weighted by molar-refractivity contribution is 0.0680. The van der Waals surface area contributed by atoms with Crippen LogP contribution >= 0.6 is 36.2 Å². The molecule has 3 heterocycles. The topological polar surface area (TPSA) is 49.6 Å². The van der Waals surface area contributed by atoms with Crippen LogP contribution in [0.2, 0.25) is 0 Å². The van der Waals surface area contributed by atoms with Gasteiger partial charge < -0.3 is 10.2 Å². The fourth-order valence-electron chi connectivity index (χ4n) is 2.81. The molecule has 0 radical (unpaired) electrons. The number of likely N-dealkylation sites (tertiary alicyclic amines) is 1. The highest BCUT2D eigenvalue weighted by Gasteiger charge is 2.25. The maximum atomic E-state index is 12.6. The second-order valence-electron chi connectivity index (χ2n) is 5.35. The van der Waals surface area contributed by atoms with E-state index >= 15 is 0 Å². The molecule has 0 saturated carbocycles. The Hall–Kier alpha value is -0.820. The van der Waals surface area contributed by atoms with Gasteiger partial charge in [-0.15, -0.1) is 36.2 Å². The number of nitrogens with one attached hydrogen (secondary N) is 1. The van der Waals surface area contributed by atoms with E-state index in [4.69, 9.17) is 0 Å². The van der Waals surface area contributed by atoms with Gasteiger partial charge in [-0.05, 0) is 38.8 Å². The first-order valence-corrected chi connectivity index (χ1v) is 8.01. The van der Waals surface area contributed by atoms with Crippen molar-refractivity contribution in [2.24, 2.45) is 5.92 Å². The van der Waals surface area contributed by atoms with E-state index in [9.17, 15) is 4.79 Å². The van der Waals surface area contributed by atoms with Crippen molar-refractivity contribution in [3.63, 3.8) is 0 Å². The maximum Gasteiger partial charge on any atom is 0.271 e. The Morgan fingerprint density at radius 2 is 2.14 bits per heavy atom. The molecular weight excluding hydrogens is 343 g/mol. The molecule has 1 saturated heterocycles. The number of rotatable bonds is 4. The van der Waals surface area contributed by atoms with Crippen molar-refractivity contribution < 1.29 is 4.79 Å². The van der Waals surface area contributed by atoms with Gasteiger partial charge in [-0.2, -0.15) is 0 Å². The summed E-state index contributed by atoms with van der Waals surface area (Å²) in [6.45, 7) is 2.82. The second-order valence-corrected chi connectivity index (χ2v) is 6.24. The third-order valence-electron chi connectivity index (χ3n) is 4.08. The summed E-state index contributed by atoms with van der Waals surface area (Å²) in [6, 6.07) is 0. The monoisotopic (exact) mass is 364 g/mol. The molecule has 0 spiro atoms. The fourth-order valence-corrected chi connectivity index (χ4v) is 3.64. The van der Waals surface area contributed by atoms with Gasteiger partial charge in [0, 0.05) is 18.5 Å². The third kappa shape index (κ3) is 3.93. The van der Waals surface area contributed by atoms with E-state index in [-0.39, 0.29) is 30.7 Å². The van der Waals surface area contributed by atoms with Gasteiger partial charge in [0.1, 0.15) is 16.9 Å². The number of thiazole rings is 1. The van der Waals surface area contributed by atoms with Crippen LogP contribution < -0.4 is 5.32 Å². The van der Waals surface area contributed by atoms with Gasteiger partial charge in [0.15, 0.2) is 0 Å². The predicted molar refractivity (Wildman–Crippen MR) is 94.7 cm³/mol. The van der Waals surface area contributed by atoms with Crippen LogP contribution in [0.3, 0.4) is 0 Å². The minimum absolute atomic E-state index is 0. The maximum absolute atomic E-state index is 12.6. The number of hydrogen-bond acceptors (Lipinski definition) is 4. The fraction of sp³-hybridized carbons (Fsp3) is 0.571. The molecule has 1 amide bonds. The smallest absolute Gasteiger partial charge is 0.271 e. The molecule has 124 valence electrons. The van der Waals surface area contributed by atoms with E-state index < -0.39 is 0 Å². The summed E-state index contributed by atoms with van der Waals surface area (Å²) in [4.78, 5) is 19.7. The Labute approximate surface area is 146 Å². The molecule has 2 aromatic rings. The summed E-state index contributed by atoms with van der Waals surface area (Å²) in [5, 5.41) is 5.14. The average molecular weight is 365 g/mol. The lowest BCUT2D eigenvalue weighted by atomic mass is 9.93. The van der Waals surface area contributed by atoms with E-state index in [0.717, 1.165) is 48.9 Å². The molecule has 1 N–H and O–H groups in total. The van der Waals surface area contributed by atoms with Crippen LogP contribution in [0.5, 0.6) is 0 Å². The van der Waals surface area contributed by atoms with E-state index in [0.29, 0.717) is 0 Å². The molecule has 0 aliphatic carbocycles. The van der Waals surface area contributed by atoms with Gasteiger partial charge in [-0.25, -0.2) is 4.98 Å². The highest BCUT2D eigenvalue weighted by atomic mass is 35.5. The van der Waals surface area contributed by atoms with Crippen molar-refractivity contribution in [2.45, 2.75) is 19.3 Å². The van der Waals surface area contributed by atoms with Gasteiger partial charge in [-0.3, -0.25) is 9.20 Å². The molecule has 0 aromatic carbocycles. The highest BCUT2D eigenvalue weighted by molar-refractivity contribution is 7.15. The lowest BCUT2D eigenvalue weighted by Gasteiger charge is -2.31. The number of nitrogens with zero attached hydrogens (tertiary/aromatic N) is 3. The van der Waals surface area contributed by atoms with E-state index in [1.54, 1.807) is 23.9 Å². The molecular formula is C14H22Cl2N4OS. The SMILES string of the molecule is CNCCC1CCN(C(=O)c2csc3cncn23)CC1.Cl.Cl. The van der Waals surface area contributed by atoms with Crippen LogP contribution in [0.4, 0.5) is 0 Å². The summed E-state index contributed by atoms with van der Waals surface area (Å²) in [5.74, 6) is 0.892. The molecule has 22 heavy (non-hydrogen) atoms. The minimum Gasteiger partial charge on any atom is -0.337 e. The van der Waals surface area contributed by atoms with Crippen LogP contribution in [-0.2, 0) is 0 Å². The molecule has 1 aliphatic heterocycles. The van der Waals surface area contributed by atoms with Crippen LogP contribution in [0.15, 0.2) is 17.9 Å². The van der Waals surface area contributed by atoms with E-state index in [1.807, 2.05) is 21.7 Å². The van der Waals surface area contributed by atoms with Gasteiger partial charge in [0.2, 0.25) is 0 Å². The van der Waals surface area contributed by atoms with Crippen molar-refractivity contribution in [1.82, 2.24) is 19.6 Å². The summed E-state index contributed by atoms with van der Waals surface area (Å²) >= 11 is 1.57. The number of fused-ring (bicyclic) bond motifs is 1. The molecule has 8 heteroatoms. The first kappa shape index (κ1) is 19.2. The molecule has 0 unspecified atom stereocenters. The summed E-state index contributed by atoms with van der Waals surface area (Å²) < 4.78 is 1.89. The Kier molecular flexibility index (Phi) is 7.62. The number of halogens is 2. The molecule has 0 atom stereocenters. The summed E-state index contributed by atoms with van der Waals surface area (Å²) in [7, 11) is 1.99. The highest BCUT2D eigenvalue weighted by Crippen LogP contribution is 2.23. The lowest BCUT2D eigenvalue weighted by Crippen LogP contribution is -2.39. The van der Waals surface area contributed by atoms with Crippen LogP contribution in [0, 0.1) is 5.92 Å². The molecule has 3 rings (SSSR count). The predicted octanol–water partition coefficient (Wildman–Crippen LogP) is 2.70. The van der Waals surface area contributed by atoms with Crippen molar-refractivity contribution >= 4 is 46.9 Å². The zero-order valence-electron chi connectivity index (χ0n) is 12.5. The zero-order chi connectivity index (χ0) is 13.9.